The molecule has 0 unspecified atom stereocenters. The highest BCUT2D eigenvalue weighted by molar-refractivity contribution is 6.18. The van der Waals surface area contributed by atoms with Gasteiger partial charge in [-0.25, -0.2) is 0 Å². The first-order valence-electron chi connectivity index (χ1n) is 25.2. The van der Waals surface area contributed by atoms with Crippen LogP contribution < -0.4 is 9.80 Å². The smallest absolute Gasteiger partial charge is 0.159 e. The Hall–Kier alpha value is -9.90. The molecule has 12 aromatic carbocycles. The molecule has 0 fully saturated rings. The summed E-state index contributed by atoms with van der Waals surface area (Å²) in [6.07, 6.45) is 0. The average molecular weight is 947 g/mol. The van der Waals surface area contributed by atoms with E-state index >= 15 is 0 Å². The number of rotatable bonds is 10. The van der Waals surface area contributed by atoms with Gasteiger partial charge in [-0.05, 0) is 93.4 Å². The van der Waals surface area contributed by atoms with E-state index in [-0.39, 0.29) is 0 Å². The minimum atomic E-state index is 0.811. The van der Waals surface area contributed by atoms with Crippen LogP contribution in [-0.2, 0) is 0 Å². The van der Waals surface area contributed by atoms with Crippen LogP contribution in [0.1, 0.15) is 0 Å². The zero-order valence-electron chi connectivity index (χ0n) is 40.3. The zero-order valence-corrected chi connectivity index (χ0v) is 40.3. The topological polar surface area (TPSA) is 32.8 Å². The Kier molecular flexibility index (Phi) is 10.5. The molecular formula is C70H46N2O2. The fourth-order valence-corrected chi connectivity index (χ4v) is 11.2. The standard InChI is InChI=1S/C70H46N2O2/c1-5-23-47(24-6-1)52-31-13-17-37-61(52)71(64-39-21-35-57-55-33-15-19-41-66(55)73-69(57)64)51-45-59(50-29-11-4-12-30-50)68-54(49-27-9-3-10-28-49)43-44-63(60(68)46-51)72(62-38-18-14-32-53(62)48-25-7-2-8-26-48)65-40-22-36-58-56-34-16-20-42-67(56)74-70(58)65/h1-46H. The number of anilines is 6. The number of para-hydroxylation sites is 6. The van der Waals surface area contributed by atoms with E-state index in [1.165, 1.54) is 0 Å². The van der Waals surface area contributed by atoms with Crippen LogP contribution in [0.15, 0.2) is 288 Å². The fraction of sp³-hybridized carbons (Fsp3) is 0. The molecule has 0 saturated carbocycles. The van der Waals surface area contributed by atoms with Crippen LogP contribution in [0.2, 0.25) is 0 Å². The van der Waals surface area contributed by atoms with E-state index in [1.807, 2.05) is 12.1 Å². The molecule has 0 aliphatic heterocycles. The molecule has 0 aliphatic carbocycles. The number of hydrogen-bond acceptors (Lipinski definition) is 4. The van der Waals surface area contributed by atoms with E-state index in [2.05, 4.69) is 277 Å². The van der Waals surface area contributed by atoms with Gasteiger partial charge in [-0.1, -0.05) is 224 Å². The zero-order chi connectivity index (χ0) is 49.0. The molecule has 0 atom stereocenters. The van der Waals surface area contributed by atoms with Crippen molar-refractivity contribution in [2.45, 2.75) is 0 Å². The first kappa shape index (κ1) is 42.9. The first-order chi connectivity index (χ1) is 36.7. The molecule has 348 valence electrons. The van der Waals surface area contributed by atoms with Crippen molar-refractivity contribution in [1.82, 2.24) is 0 Å². The van der Waals surface area contributed by atoms with E-state index < -0.39 is 0 Å². The lowest BCUT2D eigenvalue weighted by molar-refractivity contribution is 0.668. The molecule has 4 nitrogen and oxygen atoms in total. The SMILES string of the molecule is c1ccc(-c2ccccc2N(c2cc(-c3ccccc3)c3c(-c4ccccc4)ccc(N(c4ccccc4-c4ccccc4)c4cccc5c4oc4ccccc45)c3c2)c2cccc3c2oc2ccccc23)cc1. The molecule has 2 heterocycles. The van der Waals surface area contributed by atoms with Gasteiger partial charge in [-0.3, -0.25) is 0 Å². The minimum Gasteiger partial charge on any atom is -0.454 e. The molecule has 0 spiro atoms. The van der Waals surface area contributed by atoms with Crippen LogP contribution in [0.25, 0.3) is 99.2 Å². The number of hydrogen-bond donors (Lipinski definition) is 0. The molecule has 2 aromatic heterocycles. The second kappa shape index (κ2) is 18.1. The van der Waals surface area contributed by atoms with Crippen LogP contribution in [-0.4, -0.2) is 0 Å². The summed E-state index contributed by atoms with van der Waals surface area (Å²) in [6.45, 7) is 0. The third kappa shape index (κ3) is 7.23. The van der Waals surface area contributed by atoms with Gasteiger partial charge in [0.25, 0.3) is 0 Å². The lowest BCUT2D eigenvalue weighted by atomic mass is 9.89. The highest BCUT2D eigenvalue weighted by Gasteiger charge is 2.28. The molecule has 0 radical (unpaired) electrons. The summed E-state index contributed by atoms with van der Waals surface area (Å²) in [5, 5.41) is 6.44. The van der Waals surface area contributed by atoms with E-state index in [4.69, 9.17) is 8.83 Å². The second-order valence-corrected chi connectivity index (χ2v) is 18.7. The molecule has 0 bridgehead atoms. The van der Waals surface area contributed by atoms with Gasteiger partial charge in [0.05, 0.1) is 28.4 Å². The largest absolute Gasteiger partial charge is 0.454 e. The predicted molar refractivity (Wildman–Crippen MR) is 310 cm³/mol. The molecule has 0 aliphatic rings. The fourth-order valence-electron chi connectivity index (χ4n) is 11.2. The quantitative estimate of drug-likeness (QED) is 0.137. The highest BCUT2D eigenvalue weighted by atomic mass is 16.3. The van der Waals surface area contributed by atoms with Crippen LogP contribution >= 0.6 is 0 Å². The van der Waals surface area contributed by atoms with Crippen molar-refractivity contribution >= 4 is 88.8 Å². The van der Waals surface area contributed by atoms with Crippen LogP contribution in [0, 0.1) is 0 Å². The summed E-state index contributed by atoms with van der Waals surface area (Å²) in [5.74, 6) is 0. The number of furan rings is 2. The molecule has 0 N–H and O–H groups in total. The Morgan fingerprint density at radius 1 is 0.230 bits per heavy atom. The van der Waals surface area contributed by atoms with Crippen LogP contribution in [0.5, 0.6) is 0 Å². The Labute approximate surface area is 428 Å². The maximum Gasteiger partial charge on any atom is 0.159 e. The number of fused-ring (bicyclic) bond motifs is 7. The summed E-state index contributed by atoms with van der Waals surface area (Å²) in [5.41, 5.74) is 18.0. The van der Waals surface area contributed by atoms with E-state index in [1.54, 1.807) is 0 Å². The van der Waals surface area contributed by atoms with Gasteiger partial charge in [0, 0.05) is 43.7 Å². The van der Waals surface area contributed by atoms with Gasteiger partial charge in [0.15, 0.2) is 11.2 Å². The Bertz CT molecular complexity index is 4370. The Morgan fingerprint density at radius 3 is 1.15 bits per heavy atom. The monoisotopic (exact) mass is 946 g/mol. The maximum absolute atomic E-state index is 6.99. The summed E-state index contributed by atoms with van der Waals surface area (Å²) in [4.78, 5) is 4.85. The first-order valence-corrected chi connectivity index (χ1v) is 25.2. The predicted octanol–water partition coefficient (Wildman–Crippen LogP) is 20.2. The van der Waals surface area contributed by atoms with Crippen molar-refractivity contribution in [3.05, 3.63) is 279 Å². The van der Waals surface area contributed by atoms with Crippen molar-refractivity contribution < 1.29 is 8.83 Å². The third-order valence-electron chi connectivity index (χ3n) is 14.5. The van der Waals surface area contributed by atoms with E-state index in [9.17, 15) is 0 Å². The Morgan fingerprint density at radius 2 is 0.622 bits per heavy atom. The van der Waals surface area contributed by atoms with Crippen LogP contribution in [0.3, 0.4) is 0 Å². The van der Waals surface area contributed by atoms with Gasteiger partial charge < -0.3 is 18.6 Å². The van der Waals surface area contributed by atoms with Crippen molar-refractivity contribution in [2.24, 2.45) is 0 Å². The summed E-state index contributed by atoms with van der Waals surface area (Å²) < 4.78 is 14.0. The molecule has 0 saturated heterocycles. The van der Waals surface area contributed by atoms with Gasteiger partial charge in [-0.15, -0.1) is 0 Å². The normalized spacial score (nSPS) is 11.5. The summed E-state index contributed by atoms with van der Waals surface area (Å²) >= 11 is 0. The molecule has 14 rings (SSSR count). The summed E-state index contributed by atoms with van der Waals surface area (Å²) in [6, 6.07) is 99.7. The van der Waals surface area contributed by atoms with Gasteiger partial charge in [0.1, 0.15) is 11.2 Å². The van der Waals surface area contributed by atoms with Crippen molar-refractivity contribution in [3.8, 4) is 44.5 Å². The molecule has 4 heteroatoms. The van der Waals surface area contributed by atoms with Gasteiger partial charge in [0.2, 0.25) is 0 Å². The average Bonchev–Trinajstić information content (AvgIpc) is 4.08. The molecule has 0 amide bonds. The molecule has 14 aromatic rings. The highest BCUT2D eigenvalue weighted by Crippen LogP contribution is 2.53. The molecule has 74 heavy (non-hydrogen) atoms. The van der Waals surface area contributed by atoms with E-state index in [0.717, 1.165) is 133 Å². The summed E-state index contributed by atoms with van der Waals surface area (Å²) in [7, 11) is 0. The number of benzene rings is 12. The molecular weight excluding hydrogens is 901 g/mol. The maximum atomic E-state index is 6.99. The third-order valence-corrected chi connectivity index (χ3v) is 14.5. The van der Waals surface area contributed by atoms with Crippen LogP contribution in [0.4, 0.5) is 34.1 Å². The second-order valence-electron chi connectivity index (χ2n) is 18.7. The lowest BCUT2D eigenvalue weighted by Gasteiger charge is -2.32. The van der Waals surface area contributed by atoms with E-state index in [0.29, 0.717) is 0 Å². The van der Waals surface area contributed by atoms with Crippen molar-refractivity contribution in [3.63, 3.8) is 0 Å². The lowest BCUT2D eigenvalue weighted by Crippen LogP contribution is -2.14. The van der Waals surface area contributed by atoms with Crippen molar-refractivity contribution in [2.75, 3.05) is 9.80 Å². The minimum absolute atomic E-state index is 0.811. The number of nitrogens with zero attached hydrogens (tertiary/aromatic N) is 2. The van der Waals surface area contributed by atoms with Crippen molar-refractivity contribution in [1.29, 1.82) is 0 Å². The van der Waals surface area contributed by atoms with Gasteiger partial charge in [-0.2, -0.15) is 0 Å². The Balaban J connectivity index is 1.15. The van der Waals surface area contributed by atoms with Gasteiger partial charge >= 0.3 is 0 Å².